The predicted octanol–water partition coefficient (Wildman–Crippen LogP) is 3.13. The number of hydrogen-bond donors (Lipinski definition) is 2. The van der Waals surface area contributed by atoms with Gasteiger partial charge in [-0.2, -0.15) is 0 Å². The summed E-state index contributed by atoms with van der Waals surface area (Å²) in [5.74, 6) is -0.515. The highest BCUT2D eigenvalue weighted by Gasteiger charge is 2.09. The topological polar surface area (TPSA) is 58.2 Å². The van der Waals surface area contributed by atoms with Crippen molar-refractivity contribution in [3.63, 3.8) is 0 Å². The minimum absolute atomic E-state index is 0.0662. The lowest BCUT2D eigenvalue weighted by Gasteiger charge is -2.08. The standard InChI is InChI=1S/C16H15BrN2O2/c1-11-4-2-3-5-14(11)16(21)18-10-15(20)19-13-8-6-12(17)7-9-13/h2-9H,10H2,1H3,(H,18,21)(H,19,20). The van der Waals surface area contributed by atoms with Crippen LogP contribution in [0.3, 0.4) is 0 Å². The fourth-order valence-electron chi connectivity index (χ4n) is 1.82. The second kappa shape index (κ2) is 7.04. The van der Waals surface area contributed by atoms with Crippen molar-refractivity contribution in [1.29, 1.82) is 0 Å². The van der Waals surface area contributed by atoms with Gasteiger partial charge in [0.15, 0.2) is 0 Å². The number of benzene rings is 2. The first kappa shape index (κ1) is 15.3. The van der Waals surface area contributed by atoms with E-state index in [9.17, 15) is 9.59 Å². The average Bonchev–Trinajstić information content (AvgIpc) is 2.48. The van der Waals surface area contributed by atoms with Crippen LogP contribution in [0.4, 0.5) is 5.69 Å². The summed E-state index contributed by atoms with van der Waals surface area (Å²) in [6.07, 6.45) is 0. The second-order valence-electron chi connectivity index (χ2n) is 4.55. The van der Waals surface area contributed by atoms with E-state index in [4.69, 9.17) is 0 Å². The Morgan fingerprint density at radius 2 is 1.71 bits per heavy atom. The Bertz CT molecular complexity index is 654. The van der Waals surface area contributed by atoms with Gasteiger partial charge in [0.1, 0.15) is 0 Å². The van der Waals surface area contributed by atoms with Crippen LogP contribution in [0.2, 0.25) is 0 Å². The van der Waals surface area contributed by atoms with E-state index < -0.39 is 0 Å². The van der Waals surface area contributed by atoms with Crippen LogP contribution in [-0.2, 0) is 4.79 Å². The Morgan fingerprint density at radius 3 is 2.38 bits per heavy atom. The molecular formula is C16H15BrN2O2. The van der Waals surface area contributed by atoms with Gasteiger partial charge in [-0.3, -0.25) is 9.59 Å². The minimum Gasteiger partial charge on any atom is -0.343 e. The third-order valence-corrected chi connectivity index (χ3v) is 3.46. The zero-order chi connectivity index (χ0) is 15.2. The molecule has 2 amide bonds. The zero-order valence-electron chi connectivity index (χ0n) is 11.5. The van der Waals surface area contributed by atoms with Crippen molar-refractivity contribution in [2.45, 2.75) is 6.92 Å². The van der Waals surface area contributed by atoms with Crippen LogP contribution in [0.15, 0.2) is 53.0 Å². The molecule has 0 saturated heterocycles. The molecule has 108 valence electrons. The first-order valence-corrected chi connectivity index (χ1v) is 7.25. The summed E-state index contributed by atoms with van der Waals surface area (Å²) in [4.78, 5) is 23.8. The first-order valence-electron chi connectivity index (χ1n) is 6.45. The molecule has 2 aromatic carbocycles. The summed E-state index contributed by atoms with van der Waals surface area (Å²) < 4.78 is 0.938. The maximum absolute atomic E-state index is 12.0. The molecular weight excluding hydrogens is 332 g/mol. The van der Waals surface area contributed by atoms with E-state index in [-0.39, 0.29) is 18.4 Å². The lowest BCUT2D eigenvalue weighted by atomic mass is 10.1. The molecule has 0 aliphatic rings. The summed E-state index contributed by atoms with van der Waals surface area (Å²) in [7, 11) is 0. The van der Waals surface area contributed by atoms with Crippen LogP contribution < -0.4 is 10.6 Å². The molecule has 0 heterocycles. The normalized spacial score (nSPS) is 10.0. The Balaban J connectivity index is 1.88. The number of aryl methyl sites for hydroxylation is 1. The number of nitrogens with one attached hydrogen (secondary N) is 2. The number of carbonyl (C=O) groups is 2. The molecule has 0 saturated carbocycles. The van der Waals surface area contributed by atoms with Crippen LogP contribution in [0.25, 0.3) is 0 Å². The highest BCUT2D eigenvalue weighted by molar-refractivity contribution is 9.10. The van der Waals surface area contributed by atoms with E-state index in [0.29, 0.717) is 11.3 Å². The SMILES string of the molecule is Cc1ccccc1C(=O)NCC(=O)Nc1ccc(Br)cc1. The van der Waals surface area contributed by atoms with Crippen LogP contribution in [-0.4, -0.2) is 18.4 Å². The molecule has 0 radical (unpaired) electrons. The molecule has 0 atom stereocenters. The predicted molar refractivity (Wildman–Crippen MR) is 86.3 cm³/mol. The summed E-state index contributed by atoms with van der Waals surface area (Å²) >= 11 is 3.32. The maximum Gasteiger partial charge on any atom is 0.251 e. The number of hydrogen-bond acceptors (Lipinski definition) is 2. The zero-order valence-corrected chi connectivity index (χ0v) is 13.1. The van der Waals surface area contributed by atoms with Gasteiger partial charge in [0.2, 0.25) is 5.91 Å². The average molecular weight is 347 g/mol. The molecule has 0 bridgehead atoms. The Morgan fingerprint density at radius 1 is 1.05 bits per heavy atom. The van der Waals surface area contributed by atoms with E-state index in [1.165, 1.54) is 0 Å². The van der Waals surface area contributed by atoms with Crippen LogP contribution in [0, 0.1) is 6.92 Å². The molecule has 5 heteroatoms. The summed E-state index contributed by atoms with van der Waals surface area (Å²) in [5, 5.41) is 5.33. The van der Waals surface area contributed by atoms with Gasteiger partial charge in [0.25, 0.3) is 5.91 Å². The van der Waals surface area contributed by atoms with Gasteiger partial charge in [-0.05, 0) is 42.8 Å². The van der Waals surface area contributed by atoms with Crippen LogP contribution in [0.5, 0.6) is 0 Å². The molecule has 4 nitrogen and oxygen atoms in total. The van der Waals surface area contributed by atoms with Crippen LogP contribution in [0.1, 0.15) is 15.9 Å². The maximum atomic E-state index is 12.0. The molecule has 2 rings (SSSR count). The third kappa shape index (κ3) is 4.43. The van der Waals surface area contributed by atoms with E-state index >= 15 is 0 Å². The van der Waals surface area contributed by atoms with Gasteiger partial charge in [-0.25, -0.2) is 0 Å². The van der Waals surface area contributed by atoms with Gasteiger partial charge in [-0.15, -0.1) is 0 Å². The number of carbonyl (C=O) groups excluding carboxylic acids is 2. The van der Waals surface area contributed by atoms with Crippen molar-refractivity contribution in [3.05, 3.63) is 64.1 Å². The van der Waals surface area contributed by atoms with Crippen molar-refractivity contribution in [2.75, 3.05) is 11.9 Å². The summed E-state index contributed by atoms with van der Waals surface area (Å²) in [6, 6.07) is 14.5. The molecule has 0 spiro atoms. The van der Waals surface area contributed by atoms with E-state index in [0.717, 1.165) is 10.0 Å². The molecule has 0 aliphatic heterocycles. The van der Waals surface area contributed by atoms with Crippen molar-refractivity contribution >= 4 is 33.4 Å². The highest BCUT2D eigenvalue weighted by atomic mass is 79.9. The Labute approximate surface area is 131 Å². The fourth-order valence-corrected chi connectivity index (χ4v) is 2.09. The molecule has 0 aliphatic carbocycles. The van der Waals surface area contributed by atoms with E-state index in [1.54, 1.807) is 24.3 Å². The molecule has 0 fully saturated rings. The lowest BCUT2D eigenvalue weighted by molar-refractivity contribution is -0.115. The lowest BCUT2D eigenvalue weighted by Crippen LogP contribution is -2.33. The van der Waals surface area contributed by atoms with Gasteiger partial charge >= 0.3 is 0 Å². The largest absolute Gasteiger partial charge is 0.343 e. The molecule has 2 N–H and O–H groups in total. The van der Waals surface area contributed by atoms with E-state index in [2.05, 4.69) is 26.6 Å². The summed E-state index contributed by atoms with van der Waals surface area (Å²) in [5.41, 5.74) is 2.14. The van der Waals surface area contributed by atoms with Gasteiger partial charge in [-0.1, -0.05) is 34.1 Å². The highest BCUT2D eigenvalue weighted by Crippen LogP contribution is 2.13. The third-order valence-electron chi connectivity index (χ3n) is 2.93. The van der Waals surface area contributed by atoms with Crippen LogP contribution >= 0.6 is 15.9 Å². The number of halogens is 1. The Kier molecular flexibility index (Phi) is 5.11. The first-order chi connectivity index (χ1) is 10.1. The van der Waals surface area contributed by atoms with E-state index in [1.807, 2.05) is 31.2 Å². The number of anilines is 1. The number of rotatable bonds is 4. The van der Waals surface area contributed by atoms with Gasteiger partial charge in [0.05, 0.1) is 6.54 Å². The Hall–Kier alpha value is -2.14. The van der Waals surface area contributed by atoms with Crippen molar-refractivity contribution in [1.82, 2.24) is 5.32 Å². The van der Waals surface area contributed by atoms with Crippen molar-refractivity contribution in [2.24, 2.45) is 0 Å². The summed E-state index contributed by atoms with van der Waals surface area (Å²) in [6.45, 7) is 1.79. The molecule has 0 aromatic heterocycles. The van der Waals surface area contributed by atoms with Crippen molar-refractivity contribution in [3.8, 4) is 0 Å². The van der Waals surface area contributed by atoms with Gasteiger partial charge in [0, 0.05) is 15.7 Å². The fraction of sp³-hybridized carbons (Fsp3) is 0.125. The quantitative estimate of drug-likeness (QED) is 0.893. The molecule has 0 unspecified atom stereocenters. The van der Waals surface area contributed by atoms with Gasteiger partial charge < -0.3 is 10.6 Å². The van der Waals surface area contributed by atoms with Crippen molar-refractivity contribution < 1.29 is 9.59 Å². The smallest absolute Gasteiger partial charge is 0.251 e. The number of amides is 2. The minimum atomic E-state index is -0.265. The molecule has 2 aromatic rings. The second-order valence-corrected chi connectivity index (χ2v) is 5.47. The molecule has 21 heavy (non-hydrogen) atoms. The monoisotopic (exact) mass is 346 g/mol.